The van der Waals surface area contributed by atoms with Gasteiger partial charge in [-0.1, -0.05) is 0 Å². The molecule has 1 aliphatic rings. The van der Waals surface area contributed by atoms with Gasteiger partial charge in [-0.3, -0.25) is 0 Å². The van der Waals surface area contributed by atoms with Gasteiger partial charge in [0.1, 0.15) is 0 Å². The largest absolute Gasteiger partial charge is 0.378 e. The maximum Gasteiger partial charge on any atom is 0.160 e. The fourth-order valence-electron chi connectivity index (χ4n) is 1.69. The average Bonchev–Trinajstić information content (AvgIpc) is 2.14. The van der Waals surface area contributed by atoms with Crippen LogP contribution in [0.3, 0.4) is 0 Å². The predicted octanol–water partition coefficient (Wildman–Crippen LogP) is 1.88. The second-order valence-electron chi connectivity index (χ2n) is 3.23. The molecule has 4 unspecified atom stereocenters. The van der Waals surface area contributed by atoms with Crippen LogP contribution >= 0.6 is 0 Å². The van der Waals surface area contributed by atoms with E-state index in [0.29, 0.717) is 19.4 Å². The quantitative estimate of drug-likeness (QED) is 0.683. The topological polar surface area (TPSA) is 18.5 Å². The van der Waals surface area contributed by atoms with E-state index >= 15 is 0 Å². The summed E-state index contributed by atoms with van der Waals surface area (Å²) in [6.07, 6.45) is -3.22. The lowest BCUT2D eigenvalue weighted by Crippen LogP contribution is -2.46. The summed E-state index contributed by atoms with van der Waals surface area (Å²) in [5, 5.41) is 0. The first-order valence-electron chi connectivity index (χ1n) is 4.63. The Morgan fingerprint density at radius 2 is 1.69 bits per heavy atom. The average molecular weight is 194 g/mol. The Morgan fingerprint density at radius 3 is 2.23 bits per heavy atom. The molecule has 0 aromatic carbocycles. The van der Waals surface area contributed by atoms with Crippen LogP contribution in [0.15, 0.2) is 0 Å². The van der Waals surface area contributed by atoms with Crippen molar-refractivity contribution in [2.45, 2.75) is 44.3 Å². The zero-order valence-electron chi connectivity index (χ0n) is 8.00. The fourth-order valence-corrected chi connectivity index (χ4v) is 1.69. The molecule has 0 radical (unpaired) electrons. The Kier molecular flexibility index (Phi) is 4.06. The summed E-state index contributed by atoms with van der Waals surface area (Å²) in [4.78, 5) is 0. The first kappa shape index (κ1) is 10.9. The molecule has 0 N–H and O–H groups in total. The first-order valence-corrected chi connectivity index (χ1v) is 4.63. The Morgan fingerprint density at radius 1 is 1.15 bits per heavy atom. The van der Waals surface area contributed by atoms with E-state index in [1.54, 1.807) is 6.92 Å². The molecule has 0 spiro atoms. The first-order chi connectivity index (χ1) is 6.20. The maximum absolute atomic E-state index is 13.3. The van der Waals surface area contributed by atoms with Gasteiger partial charge in [-0.2, -0.15) is 0 Å². The number of hydrogen-bond donors (Lipinski definition) is 0. The Hall–Kier alpha value is -0.220. The summed E-state index contributed by atoms with van der Waals surface area (Å²) < 4.78 is 36.4. The van der Waals surface area contributed by atoms with Crippen LogP contribution in [0.2, 0.25) is 0 Å². The zero-order chi connectivity index (χ0) is 9.84. The Balaban J connectivity index is 2.48. The highest BCUT2D eigenvalue weighted by atomic mass is 19.2. The second-order valence-corrected chi connectivity index (χ2v) is 3.23. The van der Waals surface area contributed by atoms with Crippen molar-refractivity contribution < 1.29 is 18.3 Å². The molecule has 2 nitrogen and oxygen atoms in total. The number of ether oxygens (including phenoxy) is 2. The third-order valence-corrected chi connectivity index (χ3v) is 2.43. The Bertz CT molecular complexity index is 153. The van der Waals surface area contributed by atoms with E-state index in [2.05, 4.69) is 0 Å². The Labute approximate surface area is 77.2 Å². The summed E-state index contributed by atoms with van der Waals surface area (Å²) in [5.41, 5.74) is 0. The molecule has 4 heteroatoms. The van der Waals surface area contributed by atoms with Gasteiger partial charge in [0.2, 0.25) is 0 Å². The van der Waals surface area contributed by atoms with Gasteiger partial charge in [0.25, 0.3) is 0 Å². The fraction of sp³-hybridized carbons (Fsp3) is 1.00. The van der Waals surface area contributed by atoms with Crippen molar-refractivity contribution in [3.8, 4) is 0 Å². The minimum absolute atomic E-state index is 0.426. The lowest BCUT2D eigenvalue weighted by Gasteiger charge is -2.33. The van der Waals surface area contributed by atoms with Crippen LogP contribution in [-0.4, -0.2) is 38.3 Å². The van der Waals surface area contributed by atoms with Gasteiger partial charge < -0.3 is 9.47 Å². The van der Waals surface area contributed by atoms with Crippen LogP contribution in [-0.2, 0) is 9.47 Å². The highest BCUT2D eigenvalue weighted by Crippen LogP contribution is 2.28. The highest BCUT2D eigenvalue weighted by Gasteiger charge is 2.40. The van der Waals surface area contributed by atoms with Crippen LogP contribution in [0.25, 0.3) is 0 Å². The molecule has 13 heavy (non-hydrogen) atoms. The van der Waals surface area contributed by atoms with Gasteiger partial charge in [-0.05, 0) is 19.8 Å². The summed E-state index contributed by atoms with van der Waals surface area (Å²) in [6.45, 7) is 2.21. The van der Waals surface area contributed by atoms with Crippen LogP contribution < -0.4 is 0 Å². The molecule has 0 heterocycles. The zero-order valence-corrected chi connectivity index (χ0v) is 8.00. The van der Waals surface area contributed by atoms with Crippen molar-refractivity contribution in [2.75, 3.05) is 13.7 Å². The normalized spacial score (nSPS) is 40.6. The lowest BCUT2D eigenvalue weighted by molar-refractivity contribution is -0.105. The summed E-state index contributed by atoms with van der Waals surface area (Å²) in [5.74, 6) is 0. The van der Waals surface area contributed by atoms with Gasteiger partial charge >= 0.3 is 0 Å². The molecule has 1 saturated carbocycles. The third kappa shape index (κ3) is 2.38. The van der Waals surface area contributed by atoms with E-state index in [9.17, 15) is 8.78 Å². The summed E-state index contributed by atoms with van der Waals surface area (Å²) in [7, 11) is 1.41. The molecule has 0 aromatic rings. The highest BCUT2D eigenvalue weighted by molar-refractivity contribution is 4.89. The van der Waals surface area contributed by atoms with E-state index < -0.39 is 24.6 Å². The van der Waals surface area contributed by atoms with E-state index in [0.717, 1.165) is 0 Å². The third-order valence-electron chi connectivity index (χ3n) is 2.43. The summed E-state index contributed by atoms with van der Waals surface area (Å²) in [6, 6.07) is 0. The van der Waals surface area contributed by atoms with Gasteiger partial charge in [0, 0.05) is 13.7 Å². The molecule has 0 aromatic heterocycles. The van der Waals surface area contributed by atoms with Crippen LogP contribution in [0.5, 0.6) is 0 Å². The van der Waals surface area contributed by atoms with Crippen LogP contribution in [0.4, 0.5) is 8.78 Å². The molecule has 1 aliphatic carbocycles. The minimum atomic E-state index is -1.55. The standard InChI is InChI=1S/C9H16F2O2/c1-3-13-7-5-4-6(12-2)8(10)9(7)11/h6-9H,3-5H2,1-2H3. The lowest BCUT2D eigenvalue weighted by atomic mass is 9.91. The molecule has 0 aliphatic heterocycles. The molecule has 78 valence electrons. The number of alkyl halides is 2. The predicted molar refractivity (Wildman–Crippen MR) is 45.2 cm³/mol. The van der Waals surface area contributed by atoms with Crippen molar-refractivity contribution in [1.82, 2.24) is 0 Å². The van der Waals surface area contributed by atoms with Crippen molar-refractivity contribution in [2.24, 2.45) is 0 Å². The smallest absolute Gasteiger partial charge is 0.160 e. The second kappa shape index (κ2) is 4.86. The molecule has 1 fully saturated rings. The molecule has 4 atom stereocenters. The van der Waals surface area contributed by atoms with E-state index in [1.165, 1.54) is 7.11 Å². The van der Waals surface area contributed by atoms with Crippen molar-refractivity contribution in [3.63, 3.8) is 0 Å². The molecular weight excluding hydrogens is 178 g/mol. The number of rotatable bonds is 3. The van der Waals surface area contributed by atoms with Crippen LogP contribution in [0, 0.1) is 0 Å². The van der Waals surface area contributed by atoms with Crippen molar-refractivity contribution in [1.29, 1.82) is 0 Å². The van der Waals surface area contributed by atoms with Gasteiger partial charge in [-0.15, -0.1) is 0 Å². The van der Waals surface area contributed by atoms with E-state index in [-0.39, 0.29) is 0 Å². The molecule has 0 amide bonds. The number of methoxy groups -OCH3 is 1. The molecule has 1 rings (SSSR count). The van der Waals surface area contributed by atoms with Crippen molar-refractivity contribution in [3.05, 3.63) is 0 Å². The number of hydrogen-bond acceptors (Lipinski definition) is 2. The minimum Gasteiger partial charge on any atom is -0.378 e. The maximum atomic E-state index is 13.3. The molecular formula is C9H16F2O2. The van der Waals surface area contributed by atoms with E-state index in [4.69, 9.17) is 9.47 Å². The van der Waals surface area contributed by atoms with Gasteiger partial charge in [-0.25, -0.2) is 8.78 Å². The molecule has 0 bridgehead atoms. The van der Waals surface area contributed by atoms with Gasteiger partial charge in [0.05, 0.1) is 12.2 Å². The number of halogens is 2. The van der Waals surface area contributed by atoms with Crippen LogP contribution in [0.1, 0.15) is 19.8 Å². The SMILES string of the molecule is CCOC1CCC(OC)C(F)C1F. The summed E-state index contributed by atoms with van der Waals surface area (Å²) >= 11 is 0. The van der Waals surface area contributed by atoms with Gasteiger partial charge in [0.15, 0.2) is 12.3 Å². The van der Waals surface area contributed by atoms with E-state index in [1.807, 2.05) is 0 Å². The van der Waals surface area contributed by atoms with Crippen molar-refractivity contribution >= 4 is 0 Å². The monoisotopic (exact) mass is 194 g/mol. The molecule has 0 saturated heterocycles.